The number of aromatic hydroxyl groups is 1. The van der Waals surface area contributed by atoms with Crippen LogP contribution in [0.4, 0.5) is 10.5 Å². The molecule has 0 aliphatic heterocycles. The van der Waals surface area contributed by atoms with Crippen LogP contribution in [-0.2, 0) is 9.53 Å². The molecule has 0 saturated heterocycles. The van der Waals surface area contributed by atoms with Gasteiger partial charge in [-0.2, -0.15) is 0 Å². The third kappa shape index (κ3) is 6.77. The molecule has 1 atom stereocenters. The van der Waals surface area contributed by atoms with Crippen molar-refractivity contribution in [1.82, 2.24) is 5.48 Å². The van der Waals surface area contributed by atoms with Crippen molar-refractivity contribution in [3.8, 4) is 5.75 Å². The summed E-state index contributed by atoms with van der Waals surface area (Å²) in [5.41, 5.74) is 2.42. The highest BCUT2D eigenvalue weighted by Gasteiger charge is 2.35. The second-order valence-electron chi connectivity index (χ2n) is 8.76. The molecule has 8 heteroatoms. The van der Waals surface area contributed by atoms with E-state index in [9.17, 15) is 14.7 Å². The number of anilines is 1. The van der Waals surface area contributed by atoms with Gasteiger partial charge in [0.2, 0.25) is 0 Å². The highest BCUT2D eigenvalue weighted by Crippen LogP contribution is 2.44. The fourth-order valence-electron chi connectivity index (χ4n) is 3.92. The lowest BCUT2D eigenvalue weighted by atomic mass is 9.77. The van der Waals surface area contributed by atoms with E-state index in [2.05, 4.69) is 5.32 Å². The predicted octanol–water partition coefficient (Wildman–Crippen LogP) is 6.43. The van der Waals surface area contributed by atoms with Gasteiger partial charge in [-0.1, -0.05) is 50.3 Å². The number of carbonyl (C=O) groups is 2. The van der Waals surface area contributed by atoms with E-state index >= 15 is 0 Å². The number of rotatable bonds is 9. The van der Waals surface area contributed by atoms with E-state index in [0.717, 1.165) is 15.8 Å². The second kappa shape index (κ2) is 11.8. The van der Waals surface area contributed by atoms with Crippen molar-refractivity contribution in [3.63, 3.8) is 0 Å². The molecule has 3 aromatic carbocycles. The Labute approximate surface area is 209 Å². The molecule has 0 fully saturated rings. The minimum Gasteiger partial charge on any atom is -0.507 e. The van der Waals surface area contributed by atoms with Crippen molar-refractivity contribution in [2.24, 2.45) is 5.41 Å². The molecule has 2 amide bonds. The standard InChI is InChI=1S/C27H30N2O5S/c1-27(2,17-7-6-10-24(31)29-33)25(22-15-16-23(30)21-9-5-4-8-20(21)22)34-26(32)28-18-11-13-19(35-3)14-12-18/h4-6,8-16,25,30,33H,7,17H2,1-3H3,(H,28,32)(H,29,31)/b10-6+/t25-/m0/s1. The van der Waals surface area contributed by atoms with Crippen LogP contribution in [0.1, 0.15) is 38.4 Å². The van der Waals surface area contributed by atoms with Gasteiger partial charge in [-0.15, -0.1) is 11.8 Å². The maximum absolute atomic E-state index is 13.0. The normalized spacial score (nSPS) is 12.5. The Hall–Kier alpha value is -3.49. The van der Waals surface area contributed by atoms with Crippen LogP contribution in [0.15, 0.2) is 77.7 Å². The molecule has 0 unspecified atom stereocenters. The van der Waals surface area contributed by atoms with Crippen molar-refractivity contribution in [2.75, 3.05) is 11.6 Å². The van der Waals surface area contributed by atoms with Crippen LogP contribution < -0.4 is 10.8 Å². The Kier molecular flexibility index (Phi) is 8.78. The molecular weight excluding hydrogens is 464 g/mol. The lowest BCUT2D eigenvalue weighted by Crippen LogP contribution is -2.29. The predicted molar refractivity (Wildman–Crippen MR) is 139 cm³/mol. The Morgan fingerprint density at radius 2 is 1.74 bits per heavy atom. The first kappa shape index (κ1) is 26.1. The average Bonchev–Trinajstić information content (AvgIpc) is 2.86. The summed E-state index contributed by atoms with van der Waals surface area (Å²) in [6.45, 7) is 3.97. The molecule has 0 radical (unpaired) electrons. The number of phenols is 1. The number of allylic oxidation sites excluding steroid dienone is 1. The van der Waals surface area contributed by atoms with Gasteiger partial charge in [-0.25, -0.2) is 10.3 Å². The second-order valence-corrected chi connectivity index (χ2v) is 9.64. The Bertz CT molecular complexity index is 1210. The van der Waals surface area contributed by atoms with Crippen LogP contribution in [-0.4, -0.2) is 28.6 Å². The third-order valence-corrected chi connectivity index (χ3v) is 6.57. The Morgan fingerprint density at radius 3 is 2.40 bits per heavy atom. The first-order valence-corrected chi connectivity index (χ1v) is 12.4. The van der Waals surface area contributed by atoms with Crippen molar-refractivity contribution in [1.29, 1.82) is 0 Å². The highest BCUT2D eigenvalue weighted by molar-refractivity contribution is 7.98. The number of fused-ring (bicyclic) bond motifs is 1. The zero-order valence-corrected chi connectivity index (χ0v) is 20.8. The van der Waals surface area contributed by atoms with E-state index in [-0.39, 0.29) is 5.75 Å². The van der Waals surface area contributed by atoms with Crippen LogP contribution in [0, 0.1) is 5.41 Å². The summed E-state index contributed by atoms with van der Waals surface area (Å²) in [5.74, 6) is -0.454. The molecule has 0 saturated carbocycles. The molecule has 35 heavy (non-hydrogen) atoms. The maximum atomic E-state index is 13.0. The van der Waals surface area contributed by atoms with E-state index in [1.165, 1.54) is 6.08 Å². The smallest absolute Gasteiger partial charge is 0.412 e. The van der Waals surface area contributed by atoms with E-state index in [0.29, 0.717) is 23.9 Å². The van der Waals surface area contributed by atoms with E-state index in [1.807, 2.05) is 68.6 Å². The zero-order chi connectivity index (χ0) is 25.4. The van der Waals surface area contributed by atoms with Gasteiger partial charge < -0.3 is 9.84 Å². The number of phenolic OH excluding ortho intramolecular Hbond substituents is 1. The third-order valence-electron chi connectivity index (χ3n) is 5.82. The molecule has 0 bridgehead atoms. The van der Waals surface area contributed by atoms with Crippen molar-refractivity contribution in [2.45, 2.75) is 37.7 Å². The fourth-order valence-corrected chi connectivity index (χ4v) is 4.33. The molecular formula is C27H30N2O5S. The molecule has 3 aromatic rings. The largest absolute Gasteiger partial charge is 0.507 e. The molecule has 184 valence electrons. The molecule has 0 heterocycles. The quantitative estimate of drug-likeness (QED) is 0.118. The van der Waals surface area contributed by atoms with Gasteiger partial charge in [0, 0.05) is 33.0 Å². The van der Waals surface area contributed by atoms with Crippen LogP contribution in [0.2, 0.25) is 0 Å². The number of hydrogen-bond donors (Lipinski definition) is 4. The summed E-state index contributed by atoms with van der Waals surface area (Å²) in [4.78, 5) is 25.3. The summed E-state index contributed by atoms with van der Waals surface area (Å²) in [6.07, 6.45) is 4.76. The van der Waals surface area contributed by atoms with Crippen LogP contribution in [0.3, 0.4) is 0 Å². The van der Waals surface area contributed by atoms with E-state index < -0.39 is 23.5 Å². The van der Waals surface area contributed by atoms with Crippen LogP contribution in [0.5, 0.6) is 5.75 Å². The van der Waals surface area contributed by atoms with Gasteiger partial charge in [-0.05, 0) is 54.8 Å². The van der Waals surface area contributed by atoms with Gasteiger partial charge in [0.15, 0.2) is 0 Å². The van der Waals surface area contributed by atoms with Crippen LogP contribution in [0.25, 0.3) is 10.8 Å². The number of ether oxygens (including phenoxy) is 1. The maximum Gasteiger partial charge on any atom is 0.412 e. The van der Waals surface area contributed by atoms with E-state index in [4.69, 9.17) is 9.94 Å². The molecule has 7 nitrogen and oxygen atoms in total. The van der Waals surface area contributed by atoms with Gasteiger partial charge in [0.25, 0.3) is 5.91 Å². The Balaban J connectivity index is 1.91. The summed E-state index contributed by atoms with van der Waals surface area (Å²) >= 11 is 1.61. The lowest BCUT2D eigenvalue weighted by molar-refractivity contribution is -0.124. The first-order valence-electron chi connectivity index (χ1n) is 11.2. The van der Waals surface area contributed by atoms with Crippen molar-refractivity contribution < 1.29 is 24.6 Å². The number of thioether (sulfide) groups is 1. The van der Waals surface area contributed by atoms with Gasteiger partial charge >= 0.3 is 6.09 Å². The summed E-state index contributed by atoms with van der Waals surface area (Å²) in [7, 11) is 0. The fraction of sp³-hybridized carbons (Fsp3) is 0.259. The first-order chi connectivity index (χ1) is 16.7. The van der Waals surface area contributed by atoms with Crippen molar-refractivity contribution in [3.05, 3.63) is 78.4 Å². The minimum atomic E-state index is -0.654. The lowest BCUT2D eigenvalue weighted by Gasteiger charge is -2.35. The number of hydrogen-bond acceptors (Lipinski definition) is 6. The SMILES string of the molecule is CSc1ccc(NC(=O)O[C@@H](c2ccc(O)c3ccccc23)C(C)(C)CC/C=C/C(=O)NO)cc1. The average molecular weight is 495 g/mol. The van der Waals surface area contributed by atoms with Gasteiger partial charge in [0.1, 0.15) is 11.9 Å². The number of carbonyl (C=O) groups excluding carboxylic acids is 2. The number of amides is 2. The molecule has 3 rings (SSSR count). The summed E-state index contributed by atoms with van der Waals surface area (Å²) in [5, 5.41) is 23.3. The van der Waals surface area contributed by atoms with Crippen molar-refractivity contribution >= 4 is 40.2 Å². The summed E-state index contributed by atoms with van der Waals surface area (Å²) < 4.78 is 6.03. The molecule has 0 spiro atoms. The van der Waals surface area contributed by atoms with E-state index in [1.54, 1.807) is 35.5 Å². The number of hydroxylamine groups is 1. The van der Waals surface area contributed by atoms with Gasteiger partial charge in [0.05, 0.1) is 0 Å². The Morgan fingerprint density at radius 1 is 1.06 bits per heavy atom. The molecule has 0 aliphatic carbocycles. The number of nitrogens with one attached hydrogen (secondary N) is 2. The summed E-state index contributed by atoms with van der Waals surface area (Å²) in [6, 6.07) is 18.3. The molecule has 4 N–H and O–H groups in total. The monoisotopic (exact) mass is 494 g/mol. The number of benzene rings is 3. The van der Waals surface area contributed by atoms with Crippen LogP contribution >= 0.6 is 11.8 Å². The van der Waals surface area contributed by atoms with Gasteiger partial charge in [-0.3, -0.25) is 15.3 Å². The minimum absolute atomic E-state index is 0.150. The molecule has 0 aliphatic rings. The topological polar surface area (TPSA) is 108 Å². The zero-order valence-electron chi connectivity index (χ0n) is 19.9. The highest BCUT2D eigenvalue weighted by atomic mass is 32.2. The molecule has 0 aromatic heterocycles.